The Morgan fingerprint density at radius 1 is 1.37 bits per heavy atom. The van der Waals surface area contributed by atoms with E-state index in [1.165, 1.54) is 0 Å². The lowest BCUT2D eigenvalue weighted by Crippen LogP contribution is -2.33. The molecular weight excluding hydrogens is 274 g/mol. The Morgan fingerprint density at radius 2 is 2.11 bits per heavy atom. The second-order valence-corrected chi connectivity index (χ2v) is 7.40. The lowest BCUT2D eigenvalue weighted by Gasteiger charge is -2.22. The van der Waals surface area contributed by atoms with Crippen molar-refractivity contribution < 1.29 is 26.9 Å². The Labute approximate surface area is 112 Å². The number of ether oxygens (including phenoxy) is 2. The fraction of sp³-hybridized carbons (Fsp3) is 1.00. The van der Waals surface area contributed by atoms with Crippen LogP contribution >= 0.6 is 0 Å². The monoisotopic (exact) mass is 293 g/mol. The van der Waals surface area contributed by atoms with Crippen molar-refractivity contribution >= 4 is 10.1 Å². The van der Waals surface area contributed by atoms with Crippen molar-refractivity contribution in [2.75, 3.05) is 19.4 Å². The SMILES string of the molecule is CC1(C)O[C@@H]2[C@@H](CN3O[C@H](COS(C)(=O)=O)C[C@@H]23)O1. The van der Waals surface area contributed by atoms with Crippen molar-refractivity contribution in [1.82, 2.24) is 5.06 Å². The molecule has 0 unspecified atom stereocenters. The minimum absolute atomic E-state index is 0.0155. The summed E-state index contributed by atoms with van der Waals surface area (Å²) in [5.74, 6) is -0.553. The quantitative estimate of drug-likeness (QED) is 0.671. The molecule has 7 nitrogen and oxygen atoms in total. The minimum Gasteiger partial charge on any atom is -0.343 e. The minimum atomic E-state index is -3.43. The third-order valence-corrected chi connectivity index (χ3v) is 4.15. The summed E-state index contributed by atoms with van der Waals surface area (Å²) in [6.07, 6.45) is 1.49. The molecular formula is C11H19NO6S. The Balaban J connectivity index is 1.59. The predicted molar refractivity (Wildman–Crippen MR) is 64.6 cm³/mol. The molecule has 0 spiro atoms. The zero-order chi connectivity index (χ0) is 13.8. The van der Waals surface area contributed by atoms with Crippen LogP contribution in [0.25, 0.3) is 0 Å². The number of hydrogen-bond acceptors (Lipinski definition) is 7. The van der Waals surface area contributed by atoms with Gasteiger partial charge in [0, 0.05) is 0 Å². The highest BCUT2D eigenvalue weighted by Gasteiger charge is 2.56. The number of hydroxylamine groups is 2. The average Bonchev–Trinajstić information content (AvgIpc) is 2.82. The molecule has 3 fully saturated rings. The standard InChI is InChI=1S/C11H19NO6S/c1-11(2)16-9-5-12-8(10(9)17-11)4-7(18-12)6-15-19(3,13)14/h7-10H,4-6H2,1-3H3/t7-,8-,9+,10-/m0/s1. The topological polar surface area (TPSA) is 74.3 Å². The first-order valence-corrected chi connectivity index (χ1v) is 8.19. The van der Waals surface area contributed by atoms with Gasteiger partial charge in [-0.05, 0) is 20.3 Å². The van der Waals surface area contributed by atoms with Gasteiger partial charge in [0.05, 0.1) is 25.4 Å². The van der Waals surface area contributed by atoms with Gasteiger partial charge in [0.2, 0.25) is 0 Å². The van der Waals surface area contributed by atoms with Gasteiger partial charge in [0.25, 0.3) is 10.1 Å². The maximum Gasteiger partial charge on any atom is 0.264 e. The summed E-state index contributed by atoms with van der Waals surface area (Å²) in [5, 5.41) is 1.83. The van der Waals surface area contributed by atoms with E-state index in [1.54, 1.807) is 0 Å². The first-order chi connectivity index (χ1) is 8.73. The average molecular weight is 293 g/mol. The molecule has 19 heavy (non-hydrogen) atoms. The largest absolute Gasteiger partial charge is 0.343 e. The van der Waals surface area contributed by atoms with Crippen LogP contribution in [0, 0.1) is 0 Å². The van der Waals surface area contributed by atoms with Crippen LogP contribution in [-0.2, 0) is 28.6 Å². The number of fused-ring (bicyclic) bond motifs is 3. The fourth-order valence-electron chi connectivity index (χ4n) is 2.98. The predicted octanol–water partition coefficient (Wildman–Crippen LogP) is -0.129. The van der Waals surface area contributed by atoms with E-state index in [2.05, 4.69) is 0 Å². The van der Waals surface area contributed by atoms with E-state index < -0.39 is 15.9 Å². The fourth-order valence-corrected chi connectivity index (χ4v) is 3.38. The maximum absolute atomic E-state index is 11.0. The number of nitrogens with zero attached hydrogens (tertiary/aromatic N) is 1. The summed E-state index contributed by atoms with van der Waals surface area (Å²) in [6.45, 7) is 4.49. The molecule has 0 aliphatic carbocycles. The Bertz CT molecular complexity index is 464. The Kier molecular flexibility index (Phi) is 3.16. The number of hydrogen-bond donors (Lipinski definition) is 0. The molecule has 0 radical (unpaired) electrons. The highest BCUT2D eigenvalue weighted by atomic mass is 32.2. The molecule has 3 saturated heterocycles. The molecule has 110 valence electrons. The molecule has 3 aliphatic rings. The van der Waals surface area contributed by atoms with Crippen molar-refractivity contribution in [2.24, 2.45) is 0 Å². The molecule has 0 amide bonds. The molecule has 0 saturated carbocycles. The lowest BCUT2D eigenvalue weighted by atomic mass is 10.1. The van der Waals surface area contributed by atoms with Crippen LogP contribution in [0.3, 0.4) is 0 Å². The summed E-state index contributed by atoms with van der Waals surface area (Å²) >= 11 is 0. The first-order valence-electron chi connectivity index (χ1n) is 6.37. The van der Waals surface area contributed by atoms with Gasteiger partial charge in [-0.1, -0.05) is 0 Å². The smallest absolute Gasteiger partial charge is 0.264 e. The van der Waals surface area contributed by atoms with E-state index in [1.807, 2.05) is 18.9 Å². The lowest BCUT2D eigenvalue weighted by molar-refractivity contribution is -0.205. The zero-order valence-corrected chi connectivity index (χ0v) is 12.1. The van der Waals surface area contributed by atoms with Crippen molar-refractivity contribution in [3.8, 4) is 0 Å². The highest BCUT2D eigenvalue weighted by Crippen LogP contribution is 2.41. The second-order valence-electron chi connectivity index (χ2n) is 5.76. The Hall–Kier alpha value is -0.250. The highest BCUT2D eigenvalue weighted by molar-refractivity contribution is 7.85. The molecule has 3 rings (SSSR count). The third kappa shape index (κ3) is 2.79. The molecule has 3 aliphatic heterocycles. The van der Waals surface area contributed by atoms with Gasteiger partial charge < -0.3 is 9.47 Å². The van der Waals surface area contributed by atoms with Gasteiger partial charge in [0.1, 0.15) is 18.3 Å². The van der Waals surface area contributed by atoms with Crippen LogP contribution in [0.2, 0.25) is 0 Å². The van der Waals surface area contributed by atoms with Crippen molar-refractivity contribution in [3.63, 3.8) is 0 Å². The summed E-state index contributed by atoms with van der Waals surface area (Å²) < 4.78 is 38.4. The van der Waals surface area contributed by atoms with E-state index in [-0.39, 0.29) is 31.0 Å². The first kappa shape index (κ1) is 13.7. The summed E-state index contributed by atoms with van der Waals surface area (Å²) in [7, 11) is -3.43. The molecule has 0 N–H and O–H groups in total. The Morgan fingerprint density at radius 3 is 2.79 bits per heavy atom. The molecule has 0 aromatic heterocycles. The normalized spacial score (nSPS) is 41.4. The zero-order valence-electron chi connectivity index (χ0n) is 11.2. The van der Waals surface area contributed by atoms with E-state index >= 15 is 0 Å². The molecule has 8 heteroatoms. The molecule has 4 atom stereocenters. The van der Waals surface area contributed by atoms with Crippen LogP contribution in [-0.4, -0.2) is 63.0 Å². The summed E-state index contributed by atoms with van der Waals surface area (Å²) in [4.78, 5) is 5.67. The number of rotatable bonds is 3. The molecule has 0 bridgehead atoms. The van der Waals surface area contributed by atoms with E-state index in [0.29, 0.717) is 13.0 Å². The van der Waals surface area contributed by atoms with Gasteiger partial charge in [0.15, 0.2) is 5.79 Å². The van der Waals surface area contributed by atoms with Gasteiger partial charge in [-0.2, -0.15) is 13.5 Å². The van der Waals surface area contributed by atoms with E-state index in [9.17, 15) is 8.42 Å². The third-order valence-electron chi connectivity index (χ3n) is 3.59. The summed E-state index contributed by atoms with van der Waals surface area (Å²) in [6, 6.07) is 0.111. The van der Waals surface area contributed by atoms with Gasteiger partial charge >= 0.3 is 0 Å². The second kappa shape index (κ2) is 4.37. The van der Waals surface area contributed by atoms with Crippen LogP contribution in [0.5, 0.6) is 0 Å². The van der Waals surface area contributed by atoms with Crippen molar-refractivity contribution in [1.29, 1.82) is 0 Å². The molecule has 0 aromatic carbocycles. The van der Waals surface area contributed by atoms with E-state index in [0.717, 1.165) is 6.26 Å². The van der Waals surface area contributed by atoms with Crippen molar-refractivity contribution in [3.05, 3.63) is 0 Å². The van der Waals surface area contributed by atoms with Crippen molar-refractivity contribution in [2.45, 2.75) is 50.4 Å². The maximum atomic E-state index is 11.0. The van der Waals surface area contributed by atoms with Gasteiger partial charge in [-0.3, -0.25) is 9.02 Å². The summed E-state index contributed by atoms with van der Waals surface area (Å²) in [5.41, 5.74) is 0. The van der Waals surface area contributed by atoms with Crippen LogP contribution in [0.4, 0.5) is 0 Å². The van der Waals surface area contributed by atoms with E-state index in [4.69, 9.17) is 18.5 Å². The van der Waals surface area contributed by atoms with Crippen LogP contribution in [0.1, 0.15) is 20.3 Å². The molecule has 0 aromatic rings. The van der Waals surface area contributed by atoms with Gasteiger partial charge in [-0.25, -0.2) is 0 Å². The van der Waals surface area contributed by atoms with Crippen LogP contribution < -0.4 is 0 Å². The molecule has 3 heterocycles. The van der Waals surface area contributed by atoms with Gasteiger partial charge in [-0.15, -0.1) is 0 Å². The van der Waals surface area contributed by atoms with Crippen LogP contribution in [0.15, 0.2) is 0 Å².